The summed E-state index contributed by atoms with van der Waals surface area (Å²) in [5, 5.41) is 12.0. The third kappa shape index (κ3) is 2.40. The van der Waals surface area contributed by atoms with E-state index in [2.05, 4.69) is 17.5 Å². The van der Waals surface area contributed by atoms with Crippen molar-refractivity contribution in [3.8, 4) is 6.07 Å². The van der Waals surface area contributed by atoms with Gasteiger partial charge in [0, 0.05) is 11.7 Å². The molecule has 2 nitrogen and oxygen atoms in total. The van der Waals surface area contributed by atoms with Crippen molar-refractivity contribution in [2.45, 2.75) is 25.3 Å². The van der Waals surface area contributed by atoms with Crippen LogP contribution in [0.25, 0.3) is 0 Å². The molecule has 0 heterocycles. The zero-order valence-electron chi connectivity index (χ0n) is 8.91. The molecule has 1 unspecified atom stereocenters. The molecule has 1 aliphatic carbocycles. The van der Waals surface area contributed by atoms with E-state index >= 15 is 0 Å². The van der Waals surface area contributed by atoms with Crippen LogP contribution in [0.1, 0.15) is 24.8 Å². The summed E-state index contributed by atoms with van der Waals surface area (Å²) in [6.07, 6.45) is 7.65. The SMILES string of the molecule is N#Cc1cc(NC2C=CCCC2)ccc1F. The molecular formula is C13H13FN2. The molecule has 3 heteroatoms. The van der Waals surface area contributed by atoms with Crippen LogP contribution in [-0.4, -0.2) is 6.04 Å². The Morgan fingerprint density at radius 2 is 2.31 bits per heavy atom. The van der Waals surface area contributed by atoms with Gasteiger partial charge in [0.15, 0.2) is 0 Å². The monoisotopic (exact) mass is 216 g/mol. The number of anilines is 1. The van der Waals surface area contributed by atoms with Gasteiger partial charge in [0.05, 0.1) is 5.56 Å². The van der Waals surface area contributed by atoms with Crippen LogP contribution in [0.15, 0.2) is 30.4 Å². The summed E-state index contributed by atoms with van der Waals surface area (Å²) in [4.78, 5) is 0. The Morgan fingerprint density at radius 1 is 1.44 bits per heavy atom. The number of nitrogens with zero attached hydrogens (tertiary/aromatic N) is 1. The van der Waals surface area contributed by atoms with Crippen molar-refractivity contribution in [3.05, 3.63) is 41.7 Å². The van der Waals surface area contributed by atoms with Gasteiger partial charge in [-0.1, -0.05) is 12.2 Å². The number of hydrogen-bond acceptors (Lipinski definition) is 2. The second-order valence-electron chi connectivity index (χ2n) is 3.92. The normalized spacial score (nSPS) is 19.1. The van der Waals surface area contributed by atoms with E-state index in [1.807, 2.05) is 6.07 Å². The lowest BCUT2D eigenvalue weighted by Gasteiger charge is -2.19. The van der Waals surface area contributed by atoms with E-state index in [1.54, 1.807) is 12.1 Å². The summed E-state index contributed by atoms with van der Waals surface area (Å²) >= 11 is 0. The predicted molar refractivity (Wildman–Crippen MR) is 61.5 cm³/mol. The highest BCUT2D eigenvalue weighted by molar-refractivity contribution is 5.51. The molecule has 1 atom stereocenters. The van der Waals surface area contributed by atoms with E-state index in [-0.39, 0.29) is 5.56 Å². The van der Waals surface area contributed by atoms with Crippen molar-refractivity contribution in [1.82, 2.24) is 0 Å². The molecule has 1 N–H and O–H groups in total. The lowest BCUT2D eigenvalue weighted by Crippen LogP contribution is -2.18. The fourth-order valence-electron chi connectivity index (χ4n) is 1.85. The van der Waals surface area contributed by atoms with Gasteiger partial charge in [0.2, 0.25) is 0 Å². The van der Waals surface area contributed by atoms with Gasteiger partial charge in [0.25, 0.3) is 0 Å². The van der Waals surface area contributed by atoms with E-state index in [9.17, 15) is 4.39 Å². The molecule has 2 rings (SSSR count). The van der Waals surface area contributed by atoms with Gasteiger partial charge in [0.1, 0.15) is 11.9 Å². The van der Waals surface area contributed by atoms with E-state index in [0.29, 0.717) is 6.04 Å². The van der Waals surface area contributed by atoms with Gasteiger partial charge in [-0.2, -0.15) is 5.26 Å². The summed E-state index contributed by atoms with van der Waals surface area (Å²) in [6.45, 7) is 0. The van der Waals surface area contributed by atoms with Gasteiger partial charge >= 0.3 is 0 Å². The molecule has 16 heavy (non-hydrogen) atoms. The number of nitrogens with one attached hydrogen (secondary N) is 1. The molecule has 0 bridgehead atoms. The van der Waals surface area contributed by atoms with Crippen molar-refractivity contribution in [1.29, 1.82) is 5.26 Å². The summed E-state index contributed by atoms with van der Waals surface area (Å²) < 4.78 is 13.1. The Labute approximate surface area is 94.4 Å². The highest BCUT2D eigenvalue weighted by Crippen LogP contribution is 2.18. The van der Waals surface area contributed by atoms with E-state index < -0.39 is 5.82 Å². The maximum absolute atomic E-state index is 13.1. The average Bonchev–Trinajstić information content (AvgIpc) is 2.33. The highest BCUT2D eigenvalue weighted by atomic mass is 19.1. The third-order valence-corrected chi connectivity index (χ3v) is 2.69. The molecular weight excluding hydrogens is 203 g/mol. The quantitative estimate of drug-likeness (QED) is 0.770. The molecule has 0 aliphatic heterocycles. The second-order valence-corrected chi connectivity index (χ2v) is 3.92. The van der Waals surface area contributed by atoms with Crippen LogP contribution in [0.3, 0.4) is 0 Å². The second kappa shape index (κ2) is 4.80. The minimum Gasteiger partial charge on any atom is -0.379 e. The number of halogens is 1. The van der Waals surface area contributed by atoms with Crippen molar-refractivity contribution in [2.75, 3.05) is 5.32 Å². The highest BCUT2D eigenvalue weighted by Gasteiger charge is 2.09. The topological polar surface area (TPSA) is 35.8 Å². The predicted octanol–water partition coefficient (Wildman–Crippen LogP) is 3.22. The zero-order chi connectivity index (χ0) is 11.4. The van der Waals surface area contributed by atoms with Crippen molar-refractivity contribution >= 4 is 5.69 Å². The van der Waals surface area contributed by atoms with Crippen LogP contribution in [0, 0.1) is 17.1 Å². The minimum absolute atomic E-state index is 0.0878. The van der Waals surface area contributed by atoms with E-state index in [1.165, 1.54) is 12.5 Å². The molecule has 1 aliphatic rings. The molecule has 1 aromatic carbocycles. The number of hydrogen-bond donors (Lipinski definition) is 1. The number of benzene rings is 1. The maximum atomic E-state index is 13.1. The molecule has 0 spiro atoms. The molecule has 82 valence electrons. The molecule has 0 aromatic heterocycles. The van der Waals surface area contributed by atoms with E-state index in [0.717, 1.165) is 18.5 Å². The van der Waals surface area contributed by atoms with Crippen molar-refractivity contribution in [3.63, 3.8) is 0 Å². The van der Waals surface area contributed by atoms with Crippen LogP contribution >= 0.6 is 0 Å². The third-order valence-electron chi connectivity index (χ3n) is 2.69. The maximum Gasteiger partial charge on any atom is 0.141 e. The molecule has 0 amide bonds. The van der Waals surface area contributed by atoms with Crippen LogP contribution in [0.5, 0.6) is 0 Å². The minimum atomic E-state index is -0.466. The van der Waals surface area contributed by atoms with Crippen LogP contribution in [-0.2, 0) is 0 Å². The van der Waals surface area contributed by atoms with Gasteiger partial charge in [-0.15, -0.1) is 0 Å². The van der Waals surface area contributed by atoms with Gasteiger partial charge in [-0.25, -0.2) is 4.39 Å². The molecule has 0 fully saturated rings. The van der Waals surface area contributed by atoms with Crippen LogP contribution in [0.4, 0.5) is 10.1 Å². The first-order chi connectivity index (χ1) is 7.79. The summed E-state index contributed by atoms with van der Waals surface area (Å²) in [5.74, 6) is -0.466. The van der Waals surface area contributed by atoms with Crippen LogP contribution < -0.4 is 5.32 Å². The largest absolute Gasteiger partial charge is 0.379 e. The molecule has 1 aromatic rings. The Kier molecular flexibility index (Phi) is 3.21. The van der Waals surface area contributed by atoms with Crippen molar-refractivity contribution in [2.24, 2.45) is 0 Å². The fourth-order valence-corrected chi connectivity index (χ4v) is 1.85. The zero-order valence-corrected chi connectivity index (χ0v) is 8.91. The fraction of sp³-hybridized carbons (Fsp3) is 0.308. The molecule has 0 radical (unpaired) electrons. The Balaban J connectivity index is 2.13. The Hall–Kier alpha value is -1.82. The smallest absolute Gasteiger partial charge is 0.141 e. The van der Waals surface area contributed by atoms with Crippen molar-refractivity contribution < 1.29 is 4.39 Å². The standard InChI is InChI=1S/C13H13FN2/c14-13-7-6-12(8-10(13)9-15)16-11-4-2-1-3-5-11/h2,4,6-8,11,16H,1,3,5H2. The first kappa shape index (κ1) is 10.7. The number of rotatable bonds is 2. The Morgan fingerprint density at radius 3 is 3.00 bits per heavy atom. The lowest BCUT2D eigenvalue weighted by molar-refractivity contribution is 0.623. The summed E-state index contributed by atoms with van der Waals surface area (Å²) in [5.41, 5.74) is 0.888. The molecule has 0 saturated heterocycles. The van der Waals surface area contributed by atoms with Gasteiger partial charge in [-0.05, 0) is 37.5 Å². The first-order valence-electron chi connectivity index (χ1n) is 5.42. The Bertz CT molecular complexity index is 446. The summed E-state index contributed by atoms with van der Waals surface area (Å²) in [7, 11) is 0. The molecule has 0 saturated carbocycles. The summed E-state index contributed by atoms with van der Waals surface area (Å²) in [6, 6.07) is 6.68. The average molecular weight is 216 g/mol. The van der Waals surface area contributed by atoms with Crippen LogP contribution in [0.2, 0.25) is 0 Å². The number of allylic oxidation sites excluding steroid dienone is 1. The van der Waals surface area contributed by atoms with E-state index in [4.69, 9.17) is 5.26 Å². The van der Waals surface area contributed by atoms with Gasteiger partial charge in [-0.3, -0.25) is 0 Å². The lowest BCUT2D eigenvalue weighted by atomic mass is 10.0. The number of nitriles is 1. The first-order valence-corrected chi connectivity index (χ1v) is 5.42. The van der Waals surface area contributed by atoms with Gasteiger partial charge < -0.3 is 5.32 Å².